The van der Waals surface area contributed by atoms with Crippen molar-refractivity contribution in [3.8, 4) is 11.3 Å². The van der Waals surface area contributed by atoms with Gasteiger partial charge >= 0.3 is 0 Å². The van der Waals surface area contributed by atoms with Crippen molar-refractivity contribution in [3.63, 3.8) is 0 Å². The summed E-state index contributed by atoms with van der Waals surface area (Å²) in [6.07, 6.45) is 0. The molecular formula is C12H13F2N3. The van der Waals surface area contributed by atoms with E-state index in [-0.39, 0.29) is 5.56 Å². The second-order valence-electron chi connectivity index (χ2n) is 4.04. The number of nitrogens with zero attached hydrogens (tertiary/aromatic N) is 2. The van der Waals surface area contributed by atoms with Gasteiger partial charge in [0.1, 0.15) is 5.82 Å². The lowest BCUT2D eigenvalue weighted by atomic mass is 10.1. The van der Waals surface area contributed by atoms with E-state index in [1.807, 2.05) is 0 Å². The number of aryl methyl sites for hydroxylation is 1. The first-order valence-electron chi connectivity index (χ1n) is 5.16. The fraction of sp³-hybridized carbons (Fsp3) is 0.250. The fourth-order valence-electron chi connectivity index (χ4n) is 1.56. The number of hydrogen-bond donors (Lipinski definition) is 1. The van der Waals surface area contributed by atoms with Crippen molar-refractivity contribution in [1.82, 2.24) is 9.78 Å². The molecule has 0 bridgehead atoms. The van der Waals surface area contributed by atoms with Gasteiger partial charge in [0.25, 0.3) is 5.92 Å². The van der Waals surface area contributed by atoms with E-state index < -0.39 is 5.92 Å². The number of halogens is 2. The molecule has 2 rings (SSSR count). The van der Waals surface area contributed by atoms with E-state index in [0.29, 0.717) is 11.5 Å². The van der Waals surface area contributed by atoms with Crippen LogP contribution in [0.4, 0.5) is 14.6 Å². The van der Waals surface area contributed by atoms with Crippen molar-refractivity contribution in [2.24, 2.45) is 7.05 Å². The average molecular weight is 237 g/mol. The summed E-state index contributed by atoms with van der Waals surface area (Å²) in [5, 5.41) is 4.18. The highest BCUT2D eigenvalue weighted by Gasteiger charge is 2.23. The standard InChI is InChI=1S/C12H13F2N3/c1-12(13,14)9-5-3-8(4-6-9)10-7-11(15)17(2)16-10/h3-7H,15H2,1-2H3. The Morgan fingerprint density at radius 3 is 2.24 bits per heavy atom. The summed E-state index contributed by atoms with van der Waals surface area (Å²) in [5.74, 6) is -2.29. The largest absolute Gasteiger partial charge is 0.384 e. The van der Waals surface area contributed by atoms with Gasteiger partial charge < -0.3 is 5.73 Å². The van der Waals surface area contributed by atoms with Gasteiger partial charge in [0, 0.05) is 31.2 Å². The van der Waals surface area contributed by atoms with E-state index in [1.54, 1.807) is 25.2 Å². The van der Waals surface area contributed by atoms with Crippen LogP contribution in [0.2, 0.25) is 0 Å². The first kappa shape index (κ1) is 11.6. The van der Waals surface area contributed by atoms with E-state index in [0.717, 1.165) is 12.5 Å². The zero-order chi connectivity index (χ0) is 12.6. The number of nitrogens with two attached hydrogens (primary N) is 1. The summed E-state index contributed by atoms with van der Waals surface area (Å²) in [5.41, 5.74) is 7.09. The SMILES string of the molecule is Cn1nc(-c2ccc(C(C)(F)F)cc2)cc1N. The van der Waals surface area contributed by atoms with Crippen LogP contribution in [0.25, 0.3) is 11.3 Å². The van der Waals surface area contributed by atoms with Crippen molar-refractivity contribution in [3.05, 3.63) is 35.9 Å². The van der Waals surface area contributed by atoms with E-state index in [1.165, 1.54) is 16.8 Å². The van der Waals surface area contributed by atoms with Gasteiger partial charge in [-0.15, -0.1) is 0 Å². The second kappa shape index (κ2) is 3.84. The topological polar surface area (TPSA) is 43.8 Å². The van der Waals surface area contributed by atoms with Crippen LogP contribution in [-0.4, -0.2) is 9.78 Å². The Kier molecular flexibility index (Phi) is 2.61. The third-order valence-electron chi connectivity index (χ3n) is 2.60. The molecule has 2 N–H and O–H groups in total. The monoisotopic (exact) mass is 237 g/mol. The van der Waals surface area contributed by atoms with E-state index in [4.69, 9.17) is 5.73 Å². The molecule has 1 heterocycles. The summed E-state index contributed by atoms with van der Waals surface area (Å²) in [6, 6.07) is 7.75. The lowest BCUT2D eigenvalue weighted by Gasteiger charge is -2.10. The maximum Gasteiger partial charge on any atom is 0.270 e. The van der Waals surface area contributed by atoms with Crippen molar-refractivity contribution in [2.75, 3.05) is 5.73 Å². The first-order valence-corrected chi connectivity index (χ1v) is 5.16. The molecule has 0 spiro atoms. The summed E-state index contributed by atoms with van der Waals surface area (Å²) >= 11 is 0. The highest BCUT2D eigenvalue weighted by Crippen LogP contribution is 2.29. The van der Waals surface area contributed by atoms with Crippen LogP contribution in [0.5, 0.6) is 0 Å². The molecule has 90 valence electrons. The van der Waals surface area contributed by atoms with Crippen LogP contribution in [0.1, 0.15) is 12.5 Å². The van der Waals surface area contributed by atoms with Crippen LogP contribution in [-0.2, 0) is 13.0 Å². The lowest BCUT2D eigenvalue weighted by Crippen LogP contribution is -2.06. The maximum atomic E-state index is 13.0. The van der Waals surface area contributed by atoms with Gasteiger partial charge in [-0.1, -0.05) is 24.3 Å². The predicted molar refractivity (Wildman–Crippen MR) is 62.6 cm³/mol. The van der Waals surface area contributed by atoms with Gasteiger partial charge in [0.15, 0.2) is 0 Å². The quantitative estimate of drug-likeness (QED) is 0.872. The average Bonchev–Trinajstić information content (AvgIpc) is 2.58. The van der Waals surface area contributed by atoms with E-state index in [2.05, 4.69) is 5.10 Å². The Morgan fingerprint density at radius 1 is 1.24 bits per heavy atom. The van der Waals surface area contributed by atoms with Gasteiger partial charge in [-0.2, -0.15) is 5.10 Å². The molecule has 0 radical (unpaired) electrons. The highest BCUT2D eigenvalue weighted by molar-refractivity contribution is 5.62. The first-order chi connectivity index (χ1) is 7.88. The predicted octanol–water partition coefficient (Wildman–Crippen LogP) is 2.78. The lowest BCUT2D eigenvalue weighted by molar-refractivity contribution is 0.0175. The molecule has 3 nitrogen and oxygen atoms in total. The molecule has 0 amide bonds. The molecule has 0 aliphatic heterocycles. The van der Waals surface area contributed by atoms with Crippen LogP contribution in [0.3, 0.4) is 0 Å². The third-order valence-corrected chi connectivity index (χ3v) is 2.60. The minimum absolute atomic E-state index is 0.00912. The summed E-state index contributed by atoms with van der Waals surface area (Å²) in [6.45, 7) is 0.876. The molecule has 17 heavy (non-hydrogen) atoms. The van der Waals surface area contributed by atoms with Crippen molar-refractivity contribution >= 4 is 5.82 Å². The van der Waals surface area contributed by atoms with Crippen LogP contribution < -0.4 is 5.73 Å². The van der Waals surface area contributed by atoms with Gasteiger partial charge in [-0.05, 0) is 0 Å². The second-order valence-corrected chi connectivity index (χ2v) is 4.04. The Hall–Kier alpha value is -1.91. The molecule has 0 aliphatic rings. The number of nitrogen functional groups attached to an aromatic ring is 1. The highest BCUT2D eigenvalue weighted by atomic mass is 19.3. The molecule has 1 aromatic carbocycles. The van der Waals surface area contributed by atoms with Gasteiger partial charge in [-0.25, -0.2) is 8.78 Å². The summed E-state index contributed by atoms with van der Waals surface area (Å²) in [4.78, 5) is 0. The van der Waals surface area contributed by atoms with Crippen LogP contribution >= 0.6 is 0 Å². The van der Waals surface area contributed by atoms with Crippen molar-refractivity contribution in [2.45, 2.75) is 12.8 Å². The van der Waals surface area contributed by atoms with Crippen LogP contribution in [0.15, 0.2) is 30.3 Å². The Labute approximate surface area is 97.9 Å². The minimum Gasteiger partial charge on any atom is -0.384 e. The number of benzene rings is 1. The fourth-order valence-corrected chi connectivity index (χ4v) is 1.56. The zero-order valence-electron chi connectivity index (χ0n) is 9.61. The summed E-state index contributed by atoms with van der Waals surface area (Å²) < 4.78 is 27.6. The minimum atomic E-state index is -2.82. The smallest absolute Gasteiger partial charge is 0.270 e. The normalized spacial score (nSPS) is 11.8. The number of alkyl halides is 2. The number of anilines is 1. The molecule has 0 unspecified atom stereocenters. The van der Waals surface area contributed by atoms with E-state index in [9.17, 15) is 8.78 Å². The molecule has 0 saturated heterocycles. The third kappa shape index (κ3) is 2.27. The van der Waals surface area contributed by atoms with Crippen molar-refractivity contribution < 1.29 is 8.78 Å². The Balaban J connectivity index is 2.36. The molecule has 1 aromatic heterocycles. The van der Waals surface area contributed by atoms with Crippen LogP contribution in [0, 0.1) is 0 Å². The Morgan fingerprint density at radius 2 is 1.82 bits per heavy atom. The summed E-state index contributed by atoms with van der Waals surface area (Å²) in [7, 11) is 1.73. The number of hydrogen-bond acceptors (Lipinski definition) is 2. The molecule has 2 aromatic rings. The molecule has 0 saturated carbocycles. The maximum absolute atomic E-state index is 13.0. The van der Waals surface area contributed by atoms with Gasteiger partial charge in [0.2, 0.25) is 0 Å². The Bertz CT molecular complexity index is 504. The van der Waals surface area contributed by atoms with Gasteiger partial charge in [0.05, 0.1) is 5.69 Å². The number of rotatable bonds is 2. The zero-order valence-corrected chi connectivity index (χ0v) is 9.61. The molecule has 0 aliphatic carbocycles. The van der Waals surface area contributed by atoms with E-state index >= 15 is 0 Å². The van der Waals surface area contributed by atoms with Crippen molar-refractivity contribution in [1.29, 1.82) is 0 Å². The number of aromatic nitrogens is 2. The molecule has 0 fully saturated rings. The van der Waals surface area contributed by atoms with Gasteiger partial charge in [-0.3, -0.25) is 4.68 Å². The molecule has 5 heteroatoms. The molecule has 0 atom stereocenters. The molecular weight excluding hydrogens is 224 g/mol.